The van der Waals surface area contributed by atoms with Gasteiger partial charge >= 0.3 is 6.18 Å². The number of nitrogens with zero attached hydrogens (tertiary/aromatic N) is 4. The van der Waals surface area contributed by atoms with Gasteiger partial charge in [-0.2, -0.15) is 27.8 Å². The van der Waals surface area contributed by atoms with Gasteiger partial charge in [-0.25, -0.2) is 4.98 Å². The number of fused-ring (bicyclic) bond motifs is 1. The van der Waals surface area contributed by atoms with E-state index in [4.69, 9.17) is 11.6 Å². The van der Waals surface area contributed by atoms with Gasteiger partial charge in [-0.3, -0.25) is 0 Å². The fraction of sp³-hybridized carbons (Fsp3) is 0.214. The summed E-state index contributed by atoms with van der Waals surface area (Å²) in [6, 6.07) is 7.47. The van der Waals surface area contributed by atoms with E-state index in [1.165, 1.54) is 0 Å². The minimum absolute atomic E-state index is 0.0101. The van der Waals surface area contributed by atoms with E-state index in [9.17, 15) is 18.3 Å². The number of hydrogen-bond donors (Lipinski definition) is 2. The van der Waals surface area contributed by atoms with Crippen LogP contribution in [0, 0.1) is 0 Å². The van der Waals surface area contributed by atoms with Crippen molar-refractivity contribution in [3.63, 3.8) is 0 Å². The van der Waals surface area contributed by atoms with Crippen molar-refractivity contribution in [1.82, 2.24) is 19.6 Å². The number of rotatable bonds is 4. The number of alkyl halides is 3. The first kappa shape index (κ1) is 16.5. The molecule has 0 amide bonds. The molecule has 0 radical (unpaired) electrons. The van der Waals surface area contributed by atoms with Crippen molar-refractivity contribution in [3.05, 3.63) is 52.9 Å². The number of aliphatic hydroxyl groups excluding tert-OH is 1. The molecule has 0 bridgehead atoms. The second-order valence-electron chi connectivity index (χ2n) is 4.91. The zero-order valence-electron chi connectivity index (χ0n) is 12.0. The van der Waals surface area contributed by atoms with Crippen molar-refractivity contribution < 1.29 is 18.3 Å². The van der Waals surface area contributed by atoms with Crippen molar-refractivity contribution in [2.24, 2.45) is 0 Å². The molecule has 3 rings (SSSR count). The second kappa shape index (κ2) is 6.25. The van der Waals surface area contributed by atoms with E-state index in [0.717, 1.165) is 16.9 Å². The maximum Gasteiger partial charge on any atom is 0.433 e. The highest BCUT2D eigenvalue weighted by Crippen LogP contribution is 2.30. The molecule has 2 heterocycles. The van der Waals surface area contributed by atoms with E-state index in [-0.39, 0.29) is 18.1 Å². The first-order valence-corrected chi connectivity index (χ1v) is 7.18. The predicted octanol–water partition coefficient (Wildman–Crippen LogP) is 2.94. The van der Waals surface area contributed by atoms with Gasteiger partial charge in [0, 0.05) is 23.2 Å². The van der Waals surface area contributed by atoms with Crippen LogP contribution in [0.1, 0.15) is 17.4 Å². The number of halogens is 4. The zero-order chi connectivity index (χ0) is 17.3. The summed E-state index contributed by atoms with van der Waals surface area (Å²) < 4.78 is 39.8. The highest BCUT2D eigenvalue weighted by molar-refractivity contribution is 6.31. The molecule has 2 aromatic heterocycles. The molecule has 1 atom stereocenters. The number of aliphatic hydroxyl groups is 1. The summed E-state index contributed by atoms with van der Waals surface area (Å²) in [6.07, 6.45) is -4.54. The normalized spacial score (nSPS) is 13.2. The molecule has 0 spiro atoms. The molecule has 2 N–H and O–H groups in total. The van der Waals surface area contributed by atoms with E-state index < -0.39 is 18.0 Å². The Balaban J connectivity index is 1.87. The largest absolute Gasteiger partial charge is 0.433 e. The van der Waals surface area contributed by atoms with Gasteiger partial charge in [0.2, 0.25) is 0 Å². The SMILES string of the molecule is OC(CNc1cc(C(F)(F)F)nc2ncnn12)c1ccccc1Cl. The summed E-state index contributed by atoms with van der Waals surface area (Å²) in [7, 11) is 0. The van der Waals surface area contributed by atoms with E-state index in [1.807, 2.05) is 0 Å². The Labute approximate surface area is 138 Å². The van der Waals surface area contributed by atoms with Crippen molar-refractivity contribution in [2.45, 2.75) is 12.3 Å². The average Bonchev–Trinajstić information content (AvgIpc) is 3.00. The van der Waals surface area contributed by atoms with Crippen molar-refractivity contribution in [1.29, 1.82) is 0 Å². The summed E-state index contributed by atoms with van der Waals surface area (Å²) in [6.45, 7) is -0.0694. The van der Waals surface area contributed by atoms with Gasteiger partial charge in [-0.15, -0.1) is 0 Å². The van der Waals surface area contributed by atoms with Gasteiger partial charge in [0.1, 0.15) is 12.1 Å². The van der Waals surface area contributed by atoms with Crippen LogP contribution in [-0.4, -0.2) is 31.2 Å². The highest BCUT2D eigenvalue weighted by atomic mass is 35.5. The Bertz CT molecular complexity index is 867. The molecule has 0 aliphatic rings. The first-order chi connectivity index (χ1) is 11.4. The number of anilines is 1. The predicted molar refractivity (Wildman–Crippen MR) is 80.7 cm³/mol. The Kier molecular flexibility index (Phi) is 4.29. The molecule has 0 saturated carbocycles. The number of benzene rings is 1. The topological polar surface area (TPSA) is 75.3 Å². The lowest BCUT2D eigenvalue weighted by Crippen LogP contribution is -2.17. The number of hydrogen-bond acceptors (Lipinski definition) is 5. The fourth-order valence-corrected chi connectivity index (χ4v) is 2.40. The minimum Gasteiger partial charge on any atom is -0.387 e. The van der Waals surface area contributed by atoms with E-state index >= 15 is 0 Å². The standard InChI is InChI=1S/C14H11ClF3N5O/c15-9-4-2-1-3-8(9)10(24)6-19-12-5-11(14(16,17)18)22-13-20-7-21-23(12)13/h1-5,7,10,19,24H,6H2. The van der Waals surface area contributed by atoms with Gasteiger partial charge in [-0.1, -0.05) is 29.8 Å². The Morgan fingerprint density at radius 1 is 1.29 bits per heavy atom. The van der Waals surface area contributed by atoms with Crippen LogP contribution in [0.25, 0.3) is 5.78 Å². The Morgan fingerprint density at radius 3 is 2.75 bits per heavy atom. The summed E-state index contributed by atoms with van der Waals surface area (Å²) in [5, 5.41) is 17.1. The fourth-order valence-electron chi connectivity index (χ4n) is 2.14. The van der Waals surface area contributed by atoms with E-state index in [0.29, 0.717) is 10.6 Å². The first-order valence-electron chi connectivity index (χ1n) is 6.80. The smallest absolute Gasteiger partial charge is 0.387 e. The van der Waals surface area contributed by atoms with Gasteiger partial charge in [0.25, 0.3) is 5.78 Å². The third-order valence-corrected chi connectivity index (χ3v) is 3.63. The summed E-state index contributed by atoms with van der Waals surface area (Å²) >= 11 is 5.99. The van der Waals surface area contributed by atoms with Crippen LogP contribution in [0.3, 0.4) is 0 Å². The van der Waals surface area contributed by atoms with Crippen LogP contribution in [0.5, 0.6) is 0 Å². The maximum atomic E-state index is 12.9. The van der Waals surface area contributed by atoms with Gasteiger partial charge < -0.3 is 10.4 Å². The molecule has 0 saturated heterocycles. The molecule has 0 aliphatic carbocycles. The van der Waals surface area contributed by atoms with Crippen LogP contribution in [-0.2, 0) is 6.18 Å². The van der Waals surface area contributed by atoms with E-state index in [1.54, 1.807) is 24.3 Å². The number of nitrogens with one attached hydrogen (secondary N) is 1. The molecule has 1 aromatic carbocycles. The third-order valence-electron chi connectivity index (χ3n) is 3.28. The Morgan fingerprint density at radius 2 is 2.04 bits per heavy atom. The molecule has 1 unspecified atom stereocenters. The minimum atomic E-state index is -4.62. The number of aromatic nitrogens is 4. The maximum absolute atomic E-state index is 12.9. The van der Waals surface area contributed by atoms with Crippen molar-refractivity contribution in [3.8, 4) is 0 Å². The zero-order valence-corrected chi connectivity index (χ0v) is 12.8. The lowest BCUT2D eigenvalue weighted by molar-refractivity contribution is -0.141. The molecule has 0 fully saturated rings. The van der Waals surface area contributed by atoms with Crippen LogP contribution in [0.2, 0.25) is 5.02 Å². The second-order valence-corrected chi connectivity index (χ2v) is 5.32. The van der Waals surface area contributed by atoms with E-state index in [2.05, 4.69) is 20.4 Å². The Hall–Kier alpha value is -2.39. The summed E-state index contributed by atoms with van der Waals surface area (Å²) in [5.41, 5.74) is -0.635. The monoisotopic (exact) mass is 357 g/mol. The van der Waals surface area contributed by atoms with Crippen molar-refractivity contribution in [2.75, 3.05) is 11.9 Å². The molecule has 24 heavy (non-hydrogen) atoms. The lowest BCUT2D eigenvalue weighted by atomic mass is 10.1. The highest BCUT2D eigenvalue weighted by Gasteiger charge is 2.34. The third kappa shape index (κ3) is 3.26. The quantitative estimate of drug-likeness (QED) is 0.751. The summed E-state index contributed by atoms with van der Waals surface area (Å²) in [4.78, 5) is 7.08. The van der Waals surface area contributed by atoms with Crippen LogP contribution >= 0.6 is 11.6 Å². The lowest BCUT2D eigenvalue weighted by Gasteiger charge is -2.15. The van der Waals surface area contributed by atoms with Gasteiger partial charge in [0.15, 0.2) is 5.69 Å². The van der Waals surface area contributed by atoms with Crippen molar-refractivity contribution >= 4 is 23.2 Å². The molecular formula is C14H11ClF3N5O. The molecule has 10 heteroatoms. The average molecular weight is 358 g/mol. The van der Waals surface area contributed by atoms with Crippen LogP contribution in [0.15, 0.2) is 36.7 Å². The van der Waals surface area contributed by atoms with Gasteiger partial charge in [-0.05, 0) is 6.07 Å². The molecular weight excluding hydrogens is 347 g/mol. The molecule has 0 aliphatic heterocycles. The summed E-state index contributed by atoms with van der Waals surface area (Å²) in [5.74, 6) is -0.185. The van der Waals surface area contributed by atoms with Crippen LogP contribution in [0.4, 0.5) is 19.0 Å². The van der Waals surface area contributed by atoms with Gasteiger partial charge in [0.05, 0.1) is 6.10 Å². The molecule has 6 nitrogen and oxygen atoms in total. The van der Waals surface area contributed by atoms with Crippen LogP contribution < -0.4 is 5.32 Å². The molecule has 3 aromatic rings. The molecule has 126 valence electrons.